The maximum atomic E-state index is 4.46. The van der Waals surface area contributed by atoms with Gasteiger partial charge in [0.1, 0.15) is 6.26 Å². The van der Waals surface area contributed by atoms with Crippen LogP contribution in [0.5, 0.6) is 0 Å². The van der Waals surface area contributed by atoms with Crippen LogP contribution in [0.1, 0.15) is 39.0 Å². The van der Waals surface area contributed by atoms with Gasteiger partial charge in [-0.15, -0.1) is 0 Å². The van der Waals surface area contributed by atoms with Gasteiger partial charge in [-0.2, -0.15) is 0 Å². The molecule has 2 rings (SSSR count). The first kappa shape index (κ1) is 17.8. The fourth-order valence-corrected chi connectivity index (χ4v) is 0.807. The number of hydrogen-bond acceptors (Lipinski definition) is 2. The van der Waals surface area contributed by atoms with Crippen molar-refractivity contribution >= 4 is 0 Å². The molecule has 0 N–H and O–H groups in total. The van der Waals surface area contributed by atoms with Gasteiger partial charge in [0.25, 0.3) is 0 Å². The van der Waals surface area contributed by atoms with Crippen LogP contribution < -0.4 is 0 Å². The second-order valence-corrected chi connectivity index (χ2v) is 2.80. The summed E-state index contributed by atoms with van der Waals surface area (Å²) < 4.78 is 4.46. The van der Waals surface area contributed by atoms with Crippen molar-refractivity contribution in [3.8, 4) is 0 Å². The van der Waals surface area contributed by atoms with Crippen molar-refractivity contribution in [3.05, 3.63) is 53.9 Å². The highest BCUT2D eigenvalue weighted by Gasteiger charge is 1.78. The highest BCUT2D eigenvalue weighted by Crippen LogP contribution is 1.92. The number of rotatable bonds is 0. The van der Waals surface area contributed by atoms with E-state index in [1.54, 1.807) is 12.3 Å². The molecule has 0 aliphatic carbocycles. The average molecular weight is 235 g/mol. The maximum Gasteiger partial charge on any atom is 0.124 e. The van der Waals surface area contributed by atoms with Gasteiger partial charge < -0.3 is 4.52 Å². The average Bonchev–Trinajstić information content (AvgIpc) is 2.87. The van der Waals surface area contributed by atoms with Gasteiger partial charge in [-0.05, 0) is 13.8 Å². The minimum absolute atomic E-state index is 0.926. The van der Waals surface area contributed by atoms with Gasteiger partial charge in [-0.1, -0.05) is 68.7 Å². The summed E-state index contributed by atoms with van der Waals surface area (Å²) in [7, 11) is 0. The number of nitrogens with zero attached hydrogens (tertiary/aromatic N) is 1. The number of hydrogen-bond donors (Lipinski definition) is 0. The predicted octanol–water partition coefficient (Wildman–Crippen LogP) is 5.03. The van der Waals surface area contributed by atoms with E-state index in [0.29, 0.717) is 0 Å². The minimum atomic E-state index is 0.926. The van der Waals surface area contributed by atoms with Crippen LogP contribution in [0.3, 0.4) is 0 Å². The van der Waals surface area contributed by atoms with E-state index in [1.165, 1.54) is 5.56 Å². The standard InChI is InChI=1S/C7H8.C4H5NO.2C2H6/c1-7-5-3-2-4-6-7;1-4-2-3-6-5-4;2*1-2/h2-6H,1H3;2-3H,1H3;2*1-2H3. The zero-order valence-electron chi connectivity index (χ0n) is 11.9. The lowest BCUT2D eigenvalue weighted by Gasteiger charge is -1.82. The highest BCUT2D eigenvalue weighted by atomic mass is 16.5. The van der Waals surface area contributed by atoms with E-state index in [4.69, 9.17) is 0 Å². The number of benzene rings is 1. The SMILES string of the molecule is CC.CC.Cc1ccccc1.Cc1ccon1. The Kier molecular flexibility index (Phi) is 15.1. The van der Waals surface area contributed by atoms with Crippen molar-refractivity contribution in [1.82, 2.24) is 5.16 Å². The zero-order chi connectivity index (χ0) is 13.5. The van der Waals surface area contributed by atoms with Gasteiger partial charge in [-0.3, -0.25) is 0 Å². The fraction of sp³-hybridized carbons (Fsp3) is 0.400. The van der Waals surface area contributed by atoms with Crippen LogP contribution in [0.4, 0.5) is 0 Å². The molecule has 1 aromatic carbocycles. The van der Waals surface area contributed by atoms with Crippen LogP contribution in [0, 0.1) is 13.8 Å². The van der Waals surface area contributed by atoms with Crippen LogP contribution >= 0.6 is 0 Å². The molecule has 0 atom stereocenters. The van der Waals surface area contributed by atoms with Gasteiger partial charge in [0, 0.05) is 6.07 Å². The van der Waals surface area contributed by atoms with E-state index in [1.807, 2.05) is 52.8 Å². The van der Waals surface area contributed by atoms with Gasteiger partial charge >= 0.3 is 0 Å². The molecule has 0 unspecified atom stereocenters. The molecule has 0 aliphatic rings. The van der Waals surface area contributed by atoms with Crippen molar-refractivity contribution < 1.29 is 4.52 Å². The lowest BCUT2D eigenvalue weighted by molar-refractivity contribution is 0.415. The third kappa shape index (κ3) is 12.4. The Bertz CT molecular complexity index is 314. The summed E-state index contributed by atoms with van der Waals surface area (Å²) in [4.78, 5) is 0. The molecule has 2 heteroatoms. The third-order valence-corrected chi connectivity index (χ3v) is 1.51. The molecule has 0 fully saturated rings. The normalized spacial score (nSPS) is 7.41. The van der Waals surface area contributed by atoms with E-state index in [-0.39, 0.29) is 0 Å². The van der Waals surface area contributed by atoms with Crippen molar-refractivity contribution in [3.63, 3.8) is 0 Å². The zero-order valence-corrected chi connectivity index (χ0v) is 11.9. The summed E-state index contributed by atoms with van der Waals surface area (Å²) in [5, 5.41) is 3.54. The van der Waals surface area contributed by atoms with Crippen LogP contribution in [0.25, 0.3) is 0 Å². The Morgan fingerprint density at radius 3 is 1.53 bits per heavy atom. The molecule has 0 saturated heterocycles. The maximum absolute atomic E-state index is 4.46. The van der Waals surface area contributed by atoms with Crippen LogP contribution in [0.15, 0.2) is 47.2 Å². The molecule has 2 aromatic rings. The molecule has 96 valence electrons. The molecule has 1 aromatic heterocycles. The van der Waals surface area contributed by atoms with Crippen molar-refractivity contribution in [2.24, 2.45) is 0 Å². The first-order valence-electron chi connectivity index (χ1n) is 6.17. The van der Waals surface area contributed by atoms with Crippen molar-refractivity contribution in [2.75, 3.05) is 0 Å². The van der Waals surface area contributed by atoms with Gasteiger partial charge in [0.2, 0.25) is 0 Å². The van der Waals surface area contributed by atoms with E-state index in [0.717, 1.165) is 5.69 Å². The van der Waals surface area contributed by atoms with Gasteiger partial charge in [0.15, 0.2) is 0 Å². The third-order valence-electron chi connectivity index (χ3n) is 1.51. The summed E-state index contributed by atoms with van der Waals surface area (Å²) in [6.45, 7) is 12.0. The molecule has 0 bridgehead atoms. The molecule has 17 heavy (non-hydrogen) atoms. The molecule has 0 spiro atoms. The Morgan fingerprint density at radius 1 is 0.824 bits per heavy atom. The van der Waals surface area contributed by atoms with Crippen molar-refractivity contribution in [2.45, 2.75) is 41.5 Å². The Morgan fingerprint density at radius 2 is 1.35 bits per heavy atom. The van der Waals surface area contributed by atoms with E-state index < -0.39 is 0 Å². The van der Waals surface area contributed by atoms with Crippen molar-refractivity contribution in [1.29, 1.82) is 0 Å². The molecule has 0 amide bonds. The summed E-state index contributed by atoms with van der Waals surface area (Å²) in [6, 6.07) is 12.1. The first-order chi connectivity index (χ1) is 8.29. The van der Waals surface area contributed by atoms with Crippen LogP contribution in [-0.2, 0) is 0 Å². The van der Waals surface area contributed by atoms with E-state index in [9.17, 15) is 0 Å². The predicted molar refractivity (Wildman–Crippen MR) is 75.1 cm³/mol. The Balaban J connectivity index is 0. The largest absolute Gasteiger partial charge is 0.365 e. The minimum Gasteiger partial charge on any atom is -0.365 e. The van der Waals surface area contributed by atoms with Crippen LogP contribution in [-0.4, -0.2) is 5.16 Å². The molecule has 1 heterocycles. The van der Waals surface area contributed by atoms with Gasteiger partial charge in [0.05, 0.1) is 5.69 Å². The first-order valence-corrected chi connectivity index (χ1v) is 6.17. The summed E-state index contributed by atoms with van der Waals surface area (Å²) in [6.07, 6.45) is 1.55. The fourth-order valence-electron chi connectivity index (χ4n) is 0.807. The molecular formula is C15H25NO. The Labute approximate surface area is 106 Å². The quantitative estimate of drug-likeness (QED) is 0.640. The second-order valence-electron chi connectivity index (χ2n) is 2.80. The number of aromatic nitrogens is 1. The lowest BCUT2D eigenvalue weighted by atomic mass is 10.2. The summed E-state index contributed by atoms with van der Waals surface area (Å²) in [5.41, 5.74) is 2.25. The summed E-state index contributed by atoms with van der Waals surface area (Å²) >= 11 is 0. The summed E-state index contributed by atoms with van der Waals surface area (Å²) in [5.74, 6) is 0. The van der Waals surface area contributed by atoms with E-state index in [2.05, 4.69) is 28.7 Å². The van der Waals surface area contributed by atoms with Crippen LogP contribution in [0.2, 0.25) is 0 Å². The number of aryl methyl sites for hydroxylation is 2. The smallest absolute Gasteiger partial charge is 0.124 e. The second kappa shape index (κ2) is 14.4. The molecule has 2 nitrogen and oxygen atoms in total. The highest BCUT2D eigenvalue weighted by molar-refractivity contribution is 5.11. The Hall–Kier alpha value is -1.57. The topological polar surface area (TPSA) is 26.0 Å². The van der Waals surface area contributed by atoms with Gasteiger partial charge in [-0.25, -0.2) is 0 Å². The lowest BCUT2D eigenvalue weighted by Crippen LogP contribution is -1.62. The molecule has 0 saturated carbocycles. The molecular weight excluding hydrogens is 210 g/mol. The van der Waals surface area contributed by atoms with E-state index >= 15 is 0 Å². The monoisotopic (exact) mass is 235 g/mol. The molecule has 0 aliphatic heterocycles. The molecule has 0 radical (unpaired) electrons.